The van der Waals surface area contributed by atoms with Gasteiger partial charge in [0.05, 0.1) is 21.1 Å². The molecule has 0 aliphatic heterocycles. The third kappa shape index (κ3) is 1.08. The fraction of sp³-hybridized carbons (Fsp3) is 0. The van der Waals surface area contributed by atoms with Crippen LogP contribution in [0.4, 0.5) is 0 Å². The SMILES string of the molecule is Clc1[c]c2n[c][nH]c2cc1Cl. The summed E-state index contributed by atoms with van der Waals surface area (Å²) in [6.45, 7) is 0. The summed E-state index contributed by atoms with van der Waals surface area (Å²) in [5.74, 6) is 0. The fourth-order valence-electron chi connectivity index (χ4n) is 0.817. The smallest absolute Gasteiger partial charge is 0.174 e. The number of aromatic amines is 1. The van der Waals surface area contributed by atoms with Crippen LogP contribution < -0.4 is 0 Å². The first-order valence-electron chi connectivity index (χ1n) is 2.90. The molecule has 1 N–H and O–H groups in total. The highest BCUT2D eigenvalue weighted by Gasteiger charge is 2.02. The summed E-state index contributed by atoms with van der Waals surface area (Å²) in [6, 6.07) is 4.49. The molecule has 2 aromatic rings. The Morgan fingerprint density at radius 3 is 3.09 bits per heavy atom. The molecule has 11 heavy (non-hydrogen) atoms. The molecule has 2 rings (SSSR count). The lowest BCUT2D eigenvalue weighted by atomic mass is 10.3. The van der Waals surface area contributed by atoms with E-state index in [0.29, 0.717) is 15.6 Å². The molecular weight excluding hydrogens is 183 g/mol. The van der Waals surface area contributed by atoms with Gasteiger partial charge in [-0.1, -0.05) is 23.2 Å². The van der Waals surface area contributed by atoms with Crippen molar-refractivity contribution < 1.29 is 0 Å². The van der Waals surface area contributed by atoms with Crippen LogP contribution in [0.25, 0.3) is 11.0 Å². The molecule has 1 aromatic heterocycles. The summed E-state index contributed by atoms with van der Waals surface area (Å²) in [7, 11) is 0. The van der Waals surface area contributed by atoms with Gasteiger partial charge in [0.2, 0.25) is 0 Å². The van der Waals surface area contributed by atoms with Gasteiger partial charge in [-0.2, -0.15) is 0 Å². The number of imidazole rings is 1. The Balaban J connectivity index is 2.86. The molecule has 1 aromatic carbocycles. The Morgan fingerprint density at radius 2 is 2.27 bits per heavy atom. The standard InChI is InChI=1S/C7H2Cl2N2/c8-4-1-6-7(2-5(4)9)11-3-10-6/h1H,(H,10,11). The van der Waals surface area contributed by atoms with Crippen LogP contribution in [-0.4, -0.2) is 9.97 Å². The number of nitrogens with zero attached hydrogens (tertiary/aromatic N) is 1. The van der Waals surface area contributed by atoms with E-state index in [1.54, 1.807) is 6.07 Å². The normalized spacial score (nSPS) is 10.7. The molecule has 0 saturated carbocycles. The van der Waals surface area contributed by atoms with E-state index >= 15 is 0 Å². The minimum Gasteiger partial charge on any atom is -0.335 e. The Kier molecular flexibility index (Phi) is 1.51. The van der Waals surface area contributed by atoms with Gasteiger partial charge in [-0.15, -0.1) is 0 Å². The van der Waals surface area contributed by atoms with Crippen LogP contribution in [0.5, 0.6) is 0 Å². The molecule has 0 amide bonds. The lowest BCUT2D eigenvalue weighted by Crippen LogP contribution is -1.72. The van der Waals surface area contributed by atoms with E-state index < -0.39 is 0 Å². The van der Waals surface area contributed by atoms with Crippen molar-refractivity contribution in [1.29, 1.82) is 0 Å². The van der Waals surface area contributed by atoms with Crippen molar-refractivity contribution in [3.05, 3.63) is 28.5 Å². The monoisotopic (exact) mass is 184 g/mol. The molecule has 2 nitrogen and oxygen atoms in total. The zero-order chi connectivity index (χ0) is 7.84. The molecule has 0 fully saturated rings. The van der Waals surface area contributed by atoms with Crippen LogP contribution >= 0.6 is 23.2 Å². The van der Waals surface area contributed by atoms with E-state index in [9.17, 15) is 0 Å². The molecule has 1 heterocycles. The third-order valence-electron chi connectivity index (χ3n) is 1.32. The van der Waals surface area contributed by atoms with Gasteiger partial charge < -0.3 is 4.98 Å². The summed E-state index contributed by atoms with van der Waals surface area (Å²) in [6.07, 6.45) is 2.57. The maximum absolute atomic E-state index is 5.72. The number of rotatable bonds is 0. The van der Waals surface area contributed by atoms with Crippen LogP contribution in [-0.2, 0) is 0 Å². The van der Waals surface area contributed by atoms with E-state index in [0.717, 1.165) is 5.52 Å². The lowest BCUT2D eigenvalue weighted by molar-refractivity contribution is 1.32. The highest BCUT2D eigenvalue weighted by atomic mass is 35.5. The van der Waals surface area contributed by atoms with Crippen molar-refractivity contribution in [3.63, 3.8) is 0 Å². The number of benzene rings is 1. The largest absolute Gasteiger partial charge is 0.335 e. The second-order valence-electron chi connectivity index (χ2n) is 2.04. The number of H-pyrrole nitrogens is 1. The highest BCUT2D eigenvalue weighted by molar-refractivity contribution is 6.42. The minimum atomic E-state index is 0.389. The van der Waals surface area contributed by atoms with Gasteiger partial charge in [0.1, 0.15) is 0 Å². The number of hydrogen-bond donors (Lipinski definition) is 1. The first kappa shape index (κ1) is 6.95. The fourth-order valence-corrected chi connectivity index (χ4v) is 1.12. The van der Waals surface area contributed by atoms with Crippen molar-refractivity contribution >= 4 is 34.2 Å². The van der Waals surface area contributed by atoms with E-state index in [1.807, 2.05) is 0 Å². The predicted molar refractivity (Wildman–Crippen MR) is 43.8 cm³/mol. The second-order valence-corrected chi connectivity index (χ2v) is 2.83. The Bertz CT molecular complexity index is 358. The third-order valence-corrected chi connectivity index (χ3v) is 2.02. The number of halogens is 2. The van der Waals surface area contributed by atoms with Crippen molar-refractivity contribution in [1.82, 2.24) is 9.97 Å². The summed E-state index contributed by atoms with van der Waals surface area (Å²) < 4.78 is 0. The molecule has 0 aliphatic carbocycles. The molecule has 4 heteroatoms. The molecule has 0 atom stereocenters. The van der Waals surface area contributed by atoms with Crippen LogP contribution in [0.2, 0.25) is 10.0 Å². The maximum Gasteiger partial charge on any atom is 0.174 e. The predicted octanol–water partition coefficient (Wildman–Crippen LogP) is 2.47. The Labute approximate surface area is 73.1 Å². The van der Waals surface area contributed by atoms with Gasteiger partial charge in [0, 0.05) is 6.07 Å². The van der Waals surface area contributed by atoms with Gasteiger partial charge in [0.25, 0.3) is 0 Å². The zero-order valence-corrected chi connectivity index (χ0v) is 6.79. The minimum absolute atomic E-state index is 0.389. The molecule has 0 aliphatic rings. The summed E-state index contributed by atoms with van der Waals surface area (Å²) in [5, 5.41) is 0.858. The molecule has 54 valence electrons. The van der Waals surface area contributed by atoms with Gasteiger partial charge in [0.15, 0.2) is 6.33 Å². The molecular formula is C7H2Cl2N2. The molecule has 0 unspecified atom stereocenters. The zero-order valence-electron chi connectivity index (χ0n) is 5.28. The highest BCUT2D eigenvalue weighted by Crippen LogP contribution is 2.24. The van der Waals surface area contributed by atoms with Crippen LogP contribution in [0.3, 0.4) is 0 Å². The van der Waals surface area contributed by atoms with Gasteiger partial charge in [-0.25, -0.2) is 4.98 Å². The average Bonchev–Trinajstić information content (AvgIpc) is 2.36. The van der Waals surface area contributed by atoms with Gasteiger partial charge >= 0.3 is 0 Å². The van der Waals surface area contributed by atoms with Crippen molar-refractivity contribution in [2.75, 3.05) is 0 Å². The van der Waals surface area contributed by atoms with Crippen LogP contribution in [0.1, 0.15) is 0 Å². The van der Waals surface area contributed by atoms with Gasteiger partial charge in [-0.05, 0) is 6.07 Å². The van der Waals surface area contributed by atoms with E-state index in [4.69, 9.17) is 23.2 Å². The lowest BCUT2D eigenvalue weighted by Gasteiger charge is -1.92. The van der Waals surface area contributed by atoms with Crippen LogP contribution in [0.15, 0.2) is 6.07 Å². The summed E-state index contributed by atoms with van der Waals surface area (Å²) >= 11 is 11.4. The quantitative estimate of drug-likeness (QED) is 0.670. The first-order valence-corrected chi connectivity index (χ1v) is 3.66. The van der Waals surface area contributed by atoms with Gasteiger partial charge in [-0.3, -0.25) is 0 Å². The average molecular weight is 185 g/mol. The van der Waals surface area contributed by atoms with E-state index in [2.05, 4.69) is 22.4 Å². The summed E-state index contributed by atoms with van der Waals surface area (Å²) in [5.41, 5.74) is 1.44. The number of fused-ring (bicyclic) bond motifs is 1. The van der Waals surface area contributed by atoms with Crippen molar-refractivity contribution in [2.45, 2.75) is 0 Å². The Morgan fingerprint density at radius 1 is 1.45 bits per heavy atom. The number of aromatic nitrogens is 2. The number of nitrogens with one attached hydrogen (secondary N) is 1. The van der Waals surface area contributed by atoms with E-state index in [1.165, 1.54) is 0 Å². The molecule has 0 bridgehead atoms. The molecule has 0 spiro atoms. The van der Waals surface area contributed by atoms with Crippen molar-refractivity contribution in [3.8, 4) is 0 Å². The maximum atomic E-state index is 5.72. The summed E-state index contributed by atoms with van der Waals surface area (Å²) in [4.78, 5) is 6.62. The second kappa shape index (κ2) is 2.40. The van der Waals surface area contributed by atoms with Crippen LogP contribution in [0, 0.1) is 12.4 Å². The Hall–Kier alpha value is -0.730. The number of hydrogen-bond acceptors (Lipinski definition) is 1. The van der Waals surface area contributed by atoms with E-state index in [-0.39, 0.29) is 0 Å². The topological polar surface area (TPSA) is 28.7 Å². The van der Waals surface area contributed by atoms with Crippen molar-refractivity contribution in [2.24, 2.45) is 0 Å². The molecule has 0 saturated heterocycles. The first-order chi connectivity index (χ1) is 5.27. The molecule has 2 radical (unpaired) electrons.